The minimum absolute atomic E-state index is 0.473. The van der Waals surface area contributed by atoms with Crippen molar-refractivity contribution < 1.29 is 0 Å². The number of benzene rings is 1. The molecule has 0 bridgehead atoms. The fourth-order valence-electron chi connectivity index (χ4n) is 1.66. The molecule has 0 heterocycles. The van der Waals surface area contributed by atoms with E-state index in [1.807, 2.05) is 7.05 Å². The third-order valence-electron chi connectivity index (χ3n) is 2.41. The van der Waals surface area contributed by atoms with Gasteiger partial charge in [-0.15, -0.1) is 0 Å². The Morgan fingerprint density at radius 2 is 1.62 bits per heavy atom. The summed E-state index contributed by atoms with van der Waals surface area (Å²) in [5, 5.41) is 3.34. The van der Waals surface area contributed by atoms with Crippen molar-refractivity contribution in [3.8, 4) is 0 Å². The lowest BCUT2D eigenvalue weighted by Gasteiger charge is -2.20. The first-order valence-electron chi connectivity index (χ1n) is 4.89. The monoisotopic (exact) mass is 177 g/mol. The highest BCUT2D eigenvalue weighted by molar-refractivity contribution is 5.24. The van der Waals surface area contributed by atoms with Gasteiger partial charge in [-0.25, -0.2) is 0 Å². The molecule has 0 saturated heterocycles. The van der Waals surface area contributed by atoms with Gasteiger partial charge in [0.2, 0.25) is 0 Å². The molecule has 0 aliphatic carbocycles. The minimum atomic E-state index is 0.473. The van der Waals surface area contributed by atoms with E-state index in [1.54, 1.807) is 0 Å². The van der Waals surface area contributed by atoms with Crippen LogP contribution in [-0.2, 0) is 0 Å². The molecular weight excluding hydrogens is 158 g/mol. The molecule has 1 atom stereocenters. The summed E-state index contributed by atoms with van der Waals surface area (Å²) in [7, 11) is 2.02. The Hall–Kier alpha value is -0.820. The lowest BCUT2D eigenvalue weighted by molar-refractivity contribution is 0.443. The fourth-order valence-corrected chi connectivity index (χ4v) is 1.66. The molecule has 0 aromatic heterocycles. The lowest BCUT2D eigenvalue weighted by Crippen LogP contribution is -2.21. The van der Waals surface area contributed by atoms with Crippen LogP contribution >= 0.6 is 0 Å². The van der Waals surface area contributed by atoms with E-state index in [0.717, 1.165) is 0 Å². The first-order chi connectivity index (χ1) is 6.15. The third-order valence-corrected chi connectivity index (χ3v) is 2.41. The fraction of sp³-hybridized carbons (Fsp3) is 0.500. The Morgan fingerprint density at radius 1 is 1.08 bits per heavy atom. The summed E-state index contributed by atoms with van der Waals surface area (Å²) in [6, 6.07) is 9.22. The maximum atomic E-state index is 3.34. The van der Waals surface area contributed by atoms with Crippen molar-refractivity contribution >= 4 is 0 Å². The molecule has 0 amide bonds. The molecule has 13 heavy (non-hydrogen) atoms. The largest absolute Gasteiger partial charge is 0.313 e. The molecule has 0 aliphatic heterocycles. The van der Waals surface area contributed by atoms with E-state index in [1.165, 1.54) is 11.1 Å². The molecule has 1 N–H and O–H groups in total. The van der Waals surface area contributed by atoms with Crippen LogP contribution in [0.4, 0.5) is 0 Å². The maximum absolute atomic E-state index is 3.34. The topological polar surface area (TPSA) is 12.0 Å². The van der Waals surface area contributed by atoms with Crippen molar-refractivity contribution in [1.82, 2.24) is 5.32 Å². The van der Waals surface area contributed by atoms with Gasteiger partial charge in [0, 0.05) is 6.04 Å². The minimum Gasteiger partial charge on any atom is -0.313 e. The van der Waals surface area contributed by atoms with Crippen molar-refractivity contribution in [2.45, 2.75) is 26.8 Å². The third kappa shape index (κ3) is 2.56. The Morgan fingerprint density at radius 3 is 2.00 bits per heavy atom. The number of nitrogens with one attached hydrogen (secondary N) is 1. The standard InChI is InChI=1S/C12H19N/c1-9(2)12(13-4)11-7-5-10(3)6-8-11/h5-9,12-13H,1-4H3/t12-/m1/s1. The summed E-state index contributed by atoms with van der Waals surface area (Å²) in [4.78, 5) is 0. The van der Waals surface area contributed by atoms with E-state index in [2.05, 4.69) is 50.4 Å². The Bertz CT molecular complexity index is 248. The normalized spacial score (nSPS) is 13.3. The molecule has 1 aromatic carbocycles. The van der Waals surface area contributed by atoms with Crippen molar-refractivity contribution in [3.63, 3.8) is 0 Å². The van der Waals surface area contributed by atoms with Crippen molar-refractivity contribution in [2.75, 3.05) is 7.05 Å². The van der Waals surface area contributed by atoms with Crippen LogP contribution in [-0.4, -0.2) is 7.05 Å². The summed E-state index contributed by atoms with van der Waals surface area (Å²) in [6.45, 7) is 6.59. The predicted octanol–water partition coefficient (Wildman–Crippen LogP) is 2.91. The summed E-state index contributed by atoms with van der Waals surface area (Å²) in [5.41, 5.74) is 2.70. The zero-order chi connectivity index (χ0) is 9.84. The first-order valence-corrected chi connectivity index (χ1v) is 4.89. The Labute approximate surface area is 81.2 Å². The van der Waals surface area contributed by atoms with Crippen molar-refractivity contribution in [2.24, 2.45) is 5.92 Å². The van der Waals surface area contributed by atoms with Gasteiger partial charge < -0.3 is 5.32 Å². The molecule has 0 fully saturated rings. The lowest BCUT2D eigenvalue weighted by atomic mass is 9.96. The van der Waals surface area contributed by atoms with E-state index in [-0.39, 0.29) is 0 Å². The molecule has 0 aliphatic rings. The van der Waals surface area contributed by atoms with Gasteiger partial charge >= 0.3 is 0 Å². The first kappa shape index (κ1) is 10.3. The second-order valence-electron chi connectivity index (χ2n) is 3.92. The molecule has 1 aromatic rings. The molecule has 0 saturated carbocycles. The molecule has 0 radical (unpaired) electrons. The van der Waals surface area contributed by atoms with Crippen LogP contribution in [0.1, 0.15) is 31.0 Å². The van der Waals surface area contributed by atoms with Crippen LogP contribution in [0.2, 0.25) is 0 Å². The van der Waals surface area contributed by atoms with E-state index in [9.17, 15) is 0 Å². The quantitative estimate of drug-likeness (QED) is 0.748. The molecule has 1 rings (SSSR count). The Kier molecular flexibility index (Phi) is 3.49. The van der Waals surface area contributed by atoms with Crippen LogP contribution in [0.25, 0.3) is 0 Å². The van der Waals surface area contributed by atoms with Gasteiger partial charge in [-0.1, -0.05) is 43.7 Å². The van der Waals surface area contributed by atoms with Gasteiger partial charge in [-0.2, -0.15) is 0 Å². The van der Waals surface area contributed by atoms with E-state index in [0.29, 0.717) is 12.0 Å². The van der Waals surface area contributed by atoms with Gasteiger partial charge in [0.25, 0.3) is 0 Å². The van der Waals surface area contributed by atoms with Gasteiger partial charge in [-0.3, -0.25) is 0 Å². The molecule has 72 valence electrons. The maximum Gasteiger partial charge on any atom is 0.0340 e. The molecule has 1 nitrogen and oxygen atoms in total. The highest BCUT2D eigenvalue weighted by Crippen LogP contribution is 2.20. The van der Waals surface area contributed by atoms with Crippen molar-refractivity contribution in [3.05, 3.63) is 35.4 Å². The van der Waals surface area contributed by atoms with E-state index >= 15 is 0 Å². The van der Waals surface area contributed by atoms with Crippen LogP contribution < -0.4 is 5.32 Å². The second-order valence-corrected chi connectivity index (χ2v) is 3.92. The summed E-state index contributed by atoms with van der Waals surface area (Å²) in [5.74, 6) is 0.632. The zero-order valence-corrected chi connectivity index (χ0v) is 8.96. The van der Waals surface area contributed by atoms with Gasteiger partial charge in [0.15, 0.2) is 0 Å². The Balaban J connectivity index is 2.86. The van der Waals surface area contributed by atoms with Crippen LogP contribution in [0.3, 0.4) is 0 Å². The molecule has 0 unspecified atom stereocenters. The molecule has 1 heteroatoms. The smallest absolute Gasteiger partial charge is 0.0340 e. The average Bonchev–Trinajstić information content (AvgIpc) is 2.09. The van der Waals surface area contributed by atoms with E-state index < -0.39 is 0 Å². The highest BCUT2D eigenvalue weighted by Gasteiger charge is 2.12. The highest BCUT2D eigenvalue weighted by atomic mass is 14.9. The average molecular weight is 177 g/mol. The van der Waals surface area contributed by atoms with Gasteiger partial charge in [0.1, 0.15) is 0 Å². The molecule has 0 spiro atoms. The summed E-state index contributed by atoms with van der Waals surface area (Å²) >= 11 is 0. The zero-order valence-electron chi connectivity index (χ0n) is 8.96. The molecular formula is C12H19N. The number of hydrogen-bond donors (Lipinski definition) is 1. The number of rotatable bonds is 3. The summed E-state index contributed by atoms with van der Waals surface area (Å²) in [6.07, 6.45) is 0. The summed E-state index contributed by atoms with van der Waals surface area (Å²) < 4.78 is 0. The predicted molar refractivity (Wildman–Crippen MR) is 57.8 cm³/mol. The van der Waals surface area contributed by atoms with Gasteiger partial charge in [-0.05, 0) is 25.5 Å². The van der Waals surface area contributed by atoms with Crippen LogP contribution in [0.5, 0.6) is 0 Å². The SMILES string of the molecule is CN[C@@H](c1ccc(C)cc1)C(C)C. The van der Waals surface area contributed by atoms with E-state index in [4.69, 9.17) is 0 Å². The van der Waals surface area contributed by atoms with Crippen LogP contribution in [0.15, 0.2) is 24.3 Å². The second kappa shape index (κ2) is 4.43. The van der Waals surface area contributed by atoms with Gasteiger partial charge in [0.05, 0.1) is 0 Å². The van der Waals surface area contributed by atoms with Crippen molar-refractivity contribution in [1.29, 1.82) is 0 Å². The number of aryl methyl sites for hydroxylation is 1. The number of hydrogen-bond acceptors (Lipinski definition) is 1. The van der Waals surface area contributed by atoms with Crippen LogP contribution in [0, 0.1) is 12.8 Å².